The van der Waals surface area contributed by atoms with Crippen LogP contribution in [0.15, 0.2) is 23.5 Å². The summed E-state index contributed by atoms with van der Waals surface area (Å²) in [5.41, 5.74) is 0.328. The van der Waals surface area contributed by atoms with E-state index >= 15 is 0 Å². The molecule has 3 rings (SSSR count). The van der Waals surface area contributed by atoms with Gasteiger partial charge in [0.2, 0.25) is 5.95 Å². The van der Waals surface area contributed by atoms with Crippen molar-refractivity contribution < 1.29 is 4.74 Å². The first-order valence-corrected chi connectivity index (χ1v) is 11.5. The second kappa shape index (κ2) is 14.1. The van der Waals surface area contributed by atoms with Crippen molar-refractivity contribution in [3.05, 3.63) is 18.5 Å². The third-order valence-electron chi connectivity index (χ3n) is 6.35. The van der Waals surface area contributed by atoms with E-state index < -0.39 is 0 Å². The predicted octanol–water partition coefficient (Wildman–Crippen LogP) is 2.37. The molecule has 176 valence electrons. The van der Waals surface area contributed by atoms with E-state index in [0.29, 0.717) is 5.41 Å². The van der Waals surface area contributed by atoms with Crippen LogP contribution in [0.25, 0.3) is 0 Å². The fourth-order valence-electron chi connectivity index (χ4n) is 4.48. The Bertz CT molecular complexity index is 632. The third kappa shape index (κ3) is 8.34. The molecule has 1 aromatic heterocycles. The Labute approximate surface area is 204 Å². The molecule has 0 radical (unpaired) electrons. The minimum absolute atomic E-state index is 0. The maximum atomic E-state index is 5.35. The molecule has 9 heteroatoms. The lowest BCUT2D eigenvalue weighted by molar-refractivity contribution is 0.141. The Kier molecular flexibility index (Phi) is 11.8. The number of aliphatic imine (C=N–C) groups is 1. The number of nitrogens with zero attached hydrogens (tertiary/aromatic N) is 5. The van der Waals surface area contributed by atoms with Crippen LogP contribution in [0, 0.1) is 5.41 Å². The summed E-state index contributed by atoms with van der Waals surface area (Å²) in [5.74, 6) is 1.78. The SMILES string of the molecule is CCNC(=NCC1(CCOC)CCCC1)NCCN1CCN(c2ncccn2)CC1.I. The molecule has 0 spiro atoms. The average Bonchev–Trinajstić information content (AvgIpc) is 3.26. The first kappa shape index (κ1) is 26.1. The molecule has 31 heavy (non-hydrogen) atoms. The maximum Gasteiger partial charge on any atom is 0.225 e. The first-order chi connectivity index (χ1) is 14.7. The Morgan fingerprint density at radius 1 is 1.13 bits per heavy atom. The molecule has 1 aromatic rings. The van der Waals surface area contributed by atoms with Gasteiger partial charge in [0, 0.05) is 78.5 Å². The number of anilines is 1. The molecule has 0 amide bonds. The monoisotopic (exact) mass is 545 g/mol. The quantitative estimate of drug-likeness (QED) is 0.266. The average molecular weight is 546 g/mol. The lowest BCUT2D eigenvalue weighted by atomic mass is 9.83. The van der Waals surface area contributed by atoms with Crippen LogP contribution in [0.3, 0.4) is 0 Å². The van der Waals surface area contributed by atoms with Gasteiger partial charge in [-0.05, 0) is 37.7 Å². The van der Waals surface area contributed by atoms with Gasteiger partial charge < -0.3 is 20.3 Å². The predicted molar refractivity (Wildman–Crippen MR) is 137 cm³/mol. The minimum atomic E-state index is 0. The highest BCUT2D eigenvalue weighted by Gasteiger charge is 2.33. The van der Waals surface area contributed by atoms with Crippen molar-refractivity contribution in [1.82, 2.24) is 25.5 Å². The fourth-order valence-corrected chi connectivity index (χ4v) is 4.48. The summed E-state index contributed by atoms with van der Waals surface area (Å²) >= 11 is 0. The van der Waals surface area contributed by atoms with E-state index in [1.165, 1.54) is 25.7 Å². The Morgan fingerprint density at radius 2 is 1.84 bits per heavy atom. The van der Waals surface area contributed by atoms with Crippen LogP contribution >= 0.6 is 24.0 Å². The van der Waals surface area contributed by atoms with Gasteiger partial charge in [0.15, 0.2) is 5.96 Å². The summed E-state index contributed by atoms with van der Waals surface area (Å²) in [4.78, 5) is 18.4. The number of halogens is 1. The Balaban J connectivity index is 0.00000341. The van der Waals surface area contributed by atoms with Gasteiger partial charge in [-0.2, -0.15) is 0 Å². The van der Waals surface area contributed by atoms with Crippen LogP contribution < -0.4 is 15.5 Å². The lowest BCUT2D eigenvalue weighted by Crippen LogP contribution is -2.49. The number of nitrogens with one attached hydrogen (secondary N) is 2. The van der Waals surface area contributed by atoms with Crippen LogP contribution in [-0.2, 0) is 4.74 Å². The molecule has 0 aromatic carbocycles. The van der Waals surface area contributed by atoms with E-state index in [0.717, 1.165) is 77.3 Å². The number of rotatable bonds is 10. The van der Waals surface area contributed by atoms with Gasteiger partial charge in [0.05, 0.1) is 0 Å². The maximum absolute atomic E-state index is 5.35. The summed E-state index contributed by atoms with van der Waals surface area (Å²) in [6.07, 6.45) is 9.92. The van der Waals surface area contributed by atoms with Gasteiger partial charge in [-0.3, -0.25) is 9.89 Å². The molecule has 0 unspecified atom stereocenters. The van der Waals surface area contributed by atoms with Crippen LogP contribution in [0.5, 0.6) is 0 Å². The van der Waals surface area contributed by atoms with E-state index in [1.807, 2.05) is 18.5 Å². The molecule has 1 aliphatic heterocycles. The molecular weight excluding hydrogens is 505 g/mol. The molecule has 1 aliphatic carbocycles. The number of hydrogen-bond donors (Lipinski definition) is 2. The topological polar surface area (TPSA) is 77.9 Å². The molecule has 2 fully saturated rings. The minimum Gasteiger partial charge on any atom is -0.385 e. The molecule has 2 heterocycles. The molecule has 1 saturated heterocycles. The smallest absolute Gasteiger partial charge is 0.225 e. The van der Waals surface area contributed by atoms with E-state index in [-0.39, 0.29) is 24.0 Å². The van der Waals surface area contributed by atoms with Crippen molar-refractivity contribution in [2.24, 2.45) is 10.4 Å². The zero-order valence-electron chi connectivity index (χ0n) is 19.2. The van der Waals surface area contributed by atoms with Crippen LogP contribution in [0.1, 0.15) is 39.0 Å². The largest absolute Gasteiger partial charge is 0.385 e. The number of guanidine groups is 1. The van der Waals surface area contributed by atoms with E-state index in [4.69, 9.17) is 9.73 Å². The van der Waals surface area contributed by atoms with Gasteiger partial charge in [0.1, 0.15) is 0 Å². The summed E-state index contributed by atoms with van der Waals surface area (Å²) in [6.45, 7) is 10.7. The molecule has 2 aliphatic rings. The summed E-state index contributed by atoms with van der Waals surface area (Å²) < 4.78 is 5.35. The summed E-state index contributed by atoms with van der Waals surface area (Å²) in [5, 5.41) is 6.95. The Hall–Kier alpha value is -1.20. The van der Waals surface area contributed by atoms with Gasteiger partial charge >= 0.3 is 0 Å². The summed E-state index contributed by atoms with van der Waals surface area (Å²) in [6, 6.07) is 1.86. The molecule has 2 N–H and O–H groups in total. The highest BCUT2D eigenvalue weighted by molar-refractivity contribution is 14.0. The van der Waals surface area contributed by atoms with Crippen molar-refractivity contribution in [1.29, 1.82) is 0 Å². The number of piperazine rings is 1. The van der Waals surface area contributed by atoms with Gasteiger partial charge in [-0.15, -0.1) is 24.0 Å². The first-order valence-electron chi connectivity index (χ1n) is 11.5. The summed E-state index contributed by atoms with van der Waals surface area (Å²) in [7, 11) is 1.80. The van der Waals surface area contributed by atoms with E-state index in [2.05, 4.69) is 37.3 Å². The highest BCUT2D eigenvalue weighted by Crippen LogP contribution is 2.41. The highest BCUT2D eigenvalue weighted by atomic mass is 127. The van der Waals surface area contributed by atoms with Crippen molar-refractivity contribution >= 4 is 35.9 Å². The molecule has 1 saturated carbocycles. The van der Waals surface area contributed by atoms with Crippen molar-refractivity contribution in [3.63, 3.8) is 0 Å². The third-order valence-corrected chi connectivity index (χ3v) is 6.35. The van der Waals surface area contributed by atoms with Gasteiger partial charge in [-0.25, -0.2) is 9.97 Å². The Morgan fingerprint density at radius 3 is 2.48 bits per heavy atom. The van der Waals surface area contributed by atoms with Crippen molar-refractivity contribution in [2.45, 2.75) is 39.0 Å². The van der Waals surface area contributed by atoms with E-state index in [9.17, 15) is 0 Å². The zero-order valence-corrected chi connectivity index (χ0v) is 21.5. The number of hydrogen-bond acceptors (Lipinski definition) is 6. The van der Waals surface area contributed by atoms with Gasteiger partial charge in [-0.1, -0.05) is 12.8 Å². The second-order valence-electron chi connectivity index (χ2n) is 8.45. The molecular formula is C22H40IN7O. The fraction of sp³-hybridized carbons (Fsp3) is 0.773. The number of methoxy groups -OCH3 is 1. The number of aromatic nitrogens is 2. The van der Waals surface area contributed by atoms with Crippen molar-refractivity contribution in [3.8, 4) is 0 Å². The van der Waals surface area contributed by atoms with E-state index in [1.54, 1.807) is 7.11 Å². The lowest BCUT2D eigenvalue weighted by Gasteiger charge is -2.34. The molecule has 0 bridgehead atoms. The normalized spacial score (nSPS) is 19.2. The molecule has 0 atom stereocenters. The number of ether oxygens (including phenoxy) is 1. The standard InChI is InChI=1S/C22H39N7O.HI/c1-3-23-20(27-19-22(9-18-30-2)7-4-5-8-22)24-12-13-28-14-16-29(17-15-28)21-25-10-6-11-26-21;/h6,10-11H,3-5,7-9,12-19H2,1-2H3,(H2,23,24,27);1H. The zero-order chi connectivity index (χ0) is 21.1. The van der Waals surface area contributed by atoms with Crippen LogP contribution in [-0.4, -0.2) is 86.9 Å². The van der Waals surface area contributed by atoms with Crippen molar-refractivity contribution in [2.75, 3.05) is 71.0 Å². The second-order valence-corrected chi connectivity index (χ2v) is 8.45. The van der Waals surface area contributed by atoms with Crippen LogP contribution in [0.4, 0.5) is 5.95 Å². The molecule has 8 nitrogen and oxygen atoms in total. The van der Waals surface area contributed by atoms with Crippen LogP contribution in [0.2, 0.25) is 0 Å². The van der Waals surface area contributed by atoms with Gasteiger partial charge in [0.25, 0.3) is 0 Å².